The van der Waals surface area contributed by atoms with Crippen LogP contribution in [0.3, 0.4) is 0 Å². The van der Waals surface area contributed by atoms with E-state index in [0.717, 1.165) is 74.4 Å². The number of aliphatic imine (C=N–C) groups is 1. The first-order chi connectivity index (χ1) is 20.1. The van der Waals surface area contributed by atoms with Gasteiger partial charge in [-0.15, -0.1) is 0 Å². The molecule has 2 saturated carbocycles. The number of sulfone groups is 1. The Hall–Kier alpha value is -2.22. The monoisotopic (exact) mass is 597 g/mol. The lowest BCUT2D eigenvalue weighted by Gasteiger charge is -2.41. The van der Waals surface area contributed by atoms with Crippen molar-refractivity contribution in [3.63, 3.8) is 0 Å². The molecule has 4 atom stereocenters. The van der Waals surface area contributed by atoms with Gasteiger partial charge in [0.05, 0.1) is 35.0 Å². The lowest BCUT2D eigenvalue weighted by molar-refractivity contribution is -0.120. The topological polar surface area (TPSA) is 87.1 Å². The van der Waals surface area contributed by atoms with Crippen LogP contribution in [0.5, 0.6) is 0 Å². The number of rotatable bonds is 6. The molecule has 1 saturated heterocycles. The van der Waals surface area contributed by atoms with E-state index in [1.807, 2.05) is 16.7 Å². The van der Waals surface area contributed by atoms with Crippen LogP contribution in [0.15, 0.2) is 23.2 Å². The first kappa shape index (κ1) is 31.2. The standard InChI is InChI=1S/C34H51N3O4S/c1-5-26-8-6-7-9-31(35-23(2)20-27-16-18-42(40,41)19-17-27)30(14-10-26)29-13-15-32-33(21-29)36(34(39)28-11-12-28)22-24(3)37(32)25(4)38/h13,15,21,24,26-28,30-31H,5-12,14,16-20,22H2,1-4H3. The summed E-state index contributed by atoms with van der Waals surface area (Å²) in [6.45, 7) is 8.62. The maximum atomic E-state index is 13.5. The Bertz CT molecular complexity index is 1270. The van der Waals surface area contributed by atoms with Crippen molar-refractivity contribution in [2.45, 2.75) is 123 Å². The molecule has 5 rings (SSSR count). The highest BCUT2D eigenvalue weighted by atomic mass is 32.2. The number of fused-ring (bicyclic) bond motifs is 1. The molecule has 0 bridgehead atoms. The Morgan fingerprint density at radius 1 is 0.905 bits per heavy atom. The summed E-state index contributed by atoms with van der Waals surface area (Å²) in [6.07, 6.45) is 12.4. The van der Waals surface area contributed by atoms with E-state index in [0.29, 0.717) is 24.0 Å². The van der Waals surface area contributed by atoms with Crippen LogP contribution in [0.4, 0.5) is 11.4 Å². The molecule has 3 fully saturated rings. The molecule has 0 aromatic heterocycles. The van der Waals surface area contributed by atoms with E-state index in [1.54, 1.807) is 6.92 Å². The van der Waals surface area contributed by atoms with Crippen molar-refractivity contribution in [3.05, 3.63) is 23.8 Å². The fourth-order valence-corrected chi connectivity index (χ4v) is 9.29. The van der Waals surface area contributed by atoms with Gasteiger partial charge in [0.2, 0.25) is 11.8 Å². The van der Waals surface area contributed by atoms with E-state index in [1.165, 1.54) is 31.2 Å². The summed E-state index contributed by atoms with van der Waals surface area (Å²) < 4.78 is 23.9. The molecule has 0 N–H and O–H groups in total. The molecule has 2 amide bonds. The summed E-state index contributed by atoms with van der Waals surface area (Å²) >= 11 is 0. The van der Waals surface area contributed by atoms with Crippen LogP contribution >= 0.6 is 0 Å². The van der Waals surface area contributed by atoms with Crippen molar-refractivity contribution in [1.29, 1.82) is 0 Å². The predicted octanol–water partition coefficient (Wildman–Crippen LogP) is 6.69. The van der Waals surface area contributed by atoms with Gasteiger partial charge in [-0.2, -0.15) is 0 Å². The zero-order chi connectivity index (χ0) is 30.0. The van der Waals surface area contributed by atoms with Gasteiger partial charge in [0.15, 0.2) is 0 Å². The number of carbonyl (C=O) groups excluding carboxylic acids is 2. The van der Waals surface area contributed by atoms with Gasteiger partial charge in [-0.05, 0) is 94.7 Å². The number of amides is 2. The molecule has 2 aliphatic carbocycles. The largest absolute Gasteiger partial charge is 0.308 e. The summed E-state index contributed by atoms with van der Waals surface area (Å²) in [5.74, 6) is 2.28. The maximum absolute atomic E-state index is 13.5. The van der Waals surface area contributed by atoms with Crippen LogP contribution < -0.4 is 9.80 Å². The maximum Gasteiger partial charge on any atom is 0.230 e. The molecule has 8 heteroatoms. The van der Waals surface area contributed by atoms with Crippen LogP contribution in [-0.2, 0) is 19.4 Å². The van der Waals surface area contributed by atoms with Crippen LogP contribution in [0.2, 0.25) is 0 Å². The Labute approximate surface area is 253 Å². The molecule has 2 aliphatic heterocycles. The van der Waals surface area contributed by atoms with Gasteiger partial charge in [0.25, 0.3) is 0 Å². The predicted molar refractivity (Wildman–Crippen MR) is 171 cm³/mol. The van der Waals surface area contributed by atoms with Gasteiger partial charge in [-0.25, -0.2) is 8.42 Å². The van der Waals surface area contributed by atoms with Crippen LogP contribution in [0, 0.1) is 17.8 Å². The number of carbonyl (C=O) groups is 2. The number of benzene rings is 1. The van der Waals surface area contributed by atoms with Crippen LogP contribution in [-0.4, -0.2) is 56.1 Å². The lowest BCUT2D eigenvalue weighted by Crippen LogP contribution is -2.51. The number of nitrogens with zero attached hydrogens (tertiary/aromatic N) is 3. The lowest BCUT2D eigenvalue weighted by atomic mass is 9.83. The highest BCUT2D eigenvalue weighted by Crippen LogP contribution is 2.44. The molecule has 4 unspecified atom stereocenters. The highest BCUT2D eigenvalue weighted by Gasteiger charge is 2.40. The smallest absolute Gasteiger partial charge is 0.230 e. The molecule has 1 aromatic rings. The Morgan fingerprint density at radius 2 is 1.62 bits per heavy atom. The Morgan fingerprint density at radius 3 is 2.29 bits per heavy atom. The van der Waals surface area contributed by atoms with Gasteiger partial charge in [0, 0.05) is 31.0 Å². The van der Waals surface area contributed by atoms with Crippen molar-refractivity contribution in [3.8, 4) is 0 Å². The molecule has 0 radical (unpaired) electrons. The second-order valence-electron chi connectivity index (χ2n) is 13.7. The van der Waals surface area contributed by atoms with Crippen molar-refractivity contribution in [1.82, 2.24) is 0 Å². The first-order valence-corrected chi connectivity index (χ1v) is 18.4. The van der Waals surface area contributed by atoms with E-state index < -0.39 is 9.84 Å². The summed E-state index contributed by atoms with van der Waals surface area (Å²) in [4.78, 5) is 35.4. The number of anilines is 2. The van der Waals surface area contributed by atoms with Gasteiger partial charge in [0.1, 0.15) is 9.84 Å². The number of hydrogen-bond donors (Lipinski definition) is 0. The molecular formula is C34H51N3O4S. The SMILES string of the molecule is CCC1CCCCC(N=C(C)CC2CCS(=O)(=O)CC2)C(c2ccc3c(c2)N(C(=O)C2CC2)CC(C)N3C(C)=O)CC1. The van der Waals surface area contributed by atoms with E-state index in [4.69, 9.17) is 4.99 Å². The fraction of sp³-hybridized carbons (Fsp3) is 0.735. The fourth-order valence-electron chi connectivity index (χ4n) is 7.70. The molecule has 1 aromatic carbocycles. The third kappa shape index (κ3) is 7.28. The van der Waals surface area contributed by atoms with Crippen molar-refractivity contribution in [2.24, 2.45) is 22.7 Å². The molecule has 7 nitrogen and oxygen atoms in total. The summed E-state index contributed by atoms with van der Waals surface area (Å²) in [5, 5.41) is 0. The normalized spacial score (nSPS) is 29.3. The highest BCUT2D eigenvalue weighted by molar-refractivity contribution is 7.91. The molecule has 0 spiro atoms. The van der Waals surface area contributed by atoms with Crippen LogP contribution in [0.25, 0.3) is 0 Å². The van der Waals surface area contributed by atoms with E-state index in [-0.39, 0.29) is 35.7 Å². The average Bonchev–Trinajstić information content (AvgIpc) is 3.78. The molecule has 2 heterocycles. The quantitative estimate of drug-likeness (QED) is 0.342. The Balaban J connectivity index is 1.47. The molecule has 42 heavy (non-hydrogen) atoms. The van der Waals surface area contributed by atoms with E-state index in [2.05, 4.69) is 32.0 Å². The zero-order valence-corrected chi connectivity index (χ0v) is 27.0. The summed E-state index contributed by atoms with van der Waals surface area (Å²) in [6, 6.07) is 6.58. The third-order valence-corrected chi connectivity index (χ3v) is 12.0. The van der Waals surface area contributed by atoms with Crippen LogP contribution in [0.1, 0.15) is 116 Å². The Kier molecular flexibility index (Phi) is 9.80. The van der Waals surface area contributed by atoms with Gasteiger partial charge in [-0.1, -0.05) is 38.7 Å². The zero-order valence-electron chi connectivity index (χ0n) is 26.2. The first-order valence-electron chi connectivity index (χ1n) is 16.5. The second-order valence-corrected chi connectivity index (χ2v) is 16.0. The minimum atomic E-state index is -2.87. The third-order valence-electron chi connectivity index (χ3n) is 10.3. The number of hydrogen-bond acceptors (Lipinski definition) is 5. The van der Waals surface area contributed by atoms with Gasteiger partial charge in [-0.3, -0.25) is 14.6 Å². The van der Waals surface area contributed by atoms with Crippen molar-refractivity contribution >= 4 is 38.7 Å². The molecule has 232 valence electrons. The van der Waals surface area contributed by atoms with Gasteiger partial charge < -0.3 is 9.80 Å². The second kappa shape index (κ2) is 13.2. The molecule has 4 aliphatic rings. The van der Waals surface area contributed by atoms with Gasteiger partial charge >= 0.3 is 0 Å². The summed E-state index contributed by atoms with van der Waals surface area (Å²) in [5.41, 5.74) is 4.09. The summed E-state index contributed by atoms with van der Waals surface area (Å²) in [7, 11) is -2.87. The average molecular weight is 598 g/mol. The molecular weight excluding hydrogens is 546 g/mol. The minimum Gasteiger partial charge on any atom is -0.308 e. The van der Waals surface area contributed by atoms with E-state index >= 15 is 0 Å². The van der Waals surface area contributed by atoms with Crippen molar-refractivity contribution < 1.29 is 18.0 Å². The van der Waals surface area contributed by atoms with Crippen molar-refractivity contribution in [2.75, 3.05) is 27.9 Å². The minimum absolute atomic E-state index is 0.0110. The van der Waals surface area contributed by atoms with E-state index in [9.17, 15) is 18.0 Å².